The van der Waals surface area contributed by atoms with Crippen molar-refractivity contribution in [2.75, 3.05) is 13.1 Å². The van der Waals surface area contributed by atoms with Gasteiger partial charge in [0.05, 0.1) is 23.4 Å². The summed E-state index contributed by atoms with van der Waals surface area (Å²) in [6.45, 7) is 3.60. The van der Waals surface area contributed by atoms with Crippen LogP contribution in [0.1, 0.15) is 43.7 Å². The lowest BCUT2D eigenvalue weighted by Gasteiger charge is -2.37. The fourth-order valence-electron chi connectivity index (χ4n) is 6.64. The zero-order valence-corrected chi connectivity index (χ0v) is 18.2. The highest BCUT2D eigenvalue weighted by molar-refractivity contribution is 5.86. The second kappa shape index (κ2) is 7.09. The Kier molecular flexibility index (Phi) is 4.56. The number of nitrogens with zero attached hydrogens (tertiary/aromatic N) is 2. The number of hydroxylamine groups is 1. The summed E-state index contributed by atoms with van der Waals surface area (Å²) in [5, 5.41) is 0. The first-order chi connectivity index (χ1) is 15.7. The summed E-state index contributed by atoms with van der Waals surface area (Å²) in [6.07, 6.45) is -2.06. The number of hydrogen-bond donors (Lipinski definition) is 1. The number of amides is 2. The van der Waals surface area contributed by atoms with Crippen LogP contribution in [-0.4, -0.2) is 53.1 Å². The first-order valence-corrected chi connectivity index (χ1v) is 11.5. The average molecular weight is 465 g/mol. The molecule has 1 N–H and O–H groups in total. The van der Waals surface area contributed by atoms with Crippen molar-refractivity contribution < 1.29 is 32.3 Å². The number of rotatable bonds is 1. The molecule has 10 heteroatoms. The third-order valence-corrected chi connectivity index (χ3v) is 8.55. The van der Waals surface area contributed by atoms with Crippen molar-refractivity contribution in [2.24, 2.45) is 17.3 Å². The van der Waals surface area contributed by atoms with Gasteiger partial charge in [-0.3, -0.25) is 19.3 Å². The summed E-state index contributed by atoms with van der Waals surface area (Å²) >= 11 is 0. The van der Waals surface area contributed by atoms with Gasteiger partial charge in [0.2, 0.25) is 11.8 Å². The average Bonchev–Trinajstić information content (AvgIpc) is 3.45. The third-order valence-electron chi connectivity index (χ3n) is 8.55. The lowest BCUT2D eigenvalue weighted by atomic mass is 9.76. The van der Waals surface area contributed by atoms with E-state index in [1.54, 1.807) is 4.90 Å². The van der Waals surface area contributed by atoms with Gasteiger partial charge >= 0.3 is 6.18 Å². The smallest absolute Gasteiger partial charge is 0.416 e. The van der Waals surface area contributed by atoms with Gasteiger partial charge in [-0.05, 0) is 50.4 Å². The normalized spacial score (nSPS) is 38.2. The molecular formula is C23H26F3N3O4. The van der Waals surface area contributed by atoms with E-state index in [2.05, 4.69) is 10.4 Å². The lowest BCUT2D eigenvalue weighted by Crippen LogP contribution is -2.48. The van der Waals surface area contributed by atoms with Crippen LogP contribution in [0.4, 0.5) is 13.2 Å². The number of nitrogens with one attached hydrogen (secondary N) is 1. The topological polar surface area (TPSA) is 71.1 Å². The van der Waals surface area contributed by atoms with E-state index in [0.717, 1.165) is 37.9 Å². The van der Waals surface area contributed by atoms with E-state index in [1.165, 1.54) is 6.07 Å². The molecule has 4 aliphatic heterocycles. The Morgan fingerprint density at radius 1 is 1.21 bits per heavy atom. The molecule has 1 aromatic rings. The zero-order chi connectivity index (χ0) is 23.1. The molecule has 1 aromatic carbocycles. The summed E-state index contributed by atoms with van der Waals surface area (Å²) in [4.78, 5) is 34.9. The van der Waals surface area contributed by atoms with Crippen molar-refractivity contribution in [3.63, 3.8) is 0 Å². The maximum absolute atomic E-state index is 13.6. The van der Waals surface area contributed by atoms with Crippen LogP contribution in [0.2, 0.25) is 0 Å². The molecule has 6 atom stereocenters. The molecule has 3 saturated heterocycles. The Morgan fingerprint density at radius 3 is 2.82 bits per heavy atom. The van der Waals surface area contributed by atoms with E-state index in [-0.39, 0.29) is 42.3 Å². The molecule has 1 saturated carbocycles. The number of carbonyl (C=O) groups is 2. The zero-order valence-electron chi connectivity index (χ0n) is 18.2. The van der Waals surface area contributed by atoms with Crippen molar-refractivity contribution in [3.05, 3.63) is 29.3 Å². The number of carbonyl (C=O) groups excluding carboxylic acids is 2. The van der Waals surface area contributed by atoms with Crippen LogP contribution < -0.4 is 10.2 Å². The maximum atomic E-state index is 13.6. The first kappa shape index (κ1) is 21.2. The summed E-state index contributed by atoms with van der Waals surface area (Å²) < 4.78 is 45.6. The van der Waals surface area contributed by atoms with E-state index >= 15 is 0 Å². The van der Waals surface area contributed by atoms with Crippen molar-refractivity contribution in [3.8, 4) is 5.75 Å². The Balaban J connectivity index is 1.21. The highest BCUT2D eigenvalue weighted by atomic mass is 19.4. The summed E-state index contributed by atoms with van der Waals surface area (Å²) in [5.74, 6) is 0.173. The number of ether oxygens (including phenoxy) is 1. The van der Waals surface area contributed by atoms with Crippen LogP contribution in [0.25, 0.3) is 0 Å². The Bertz CT molecular complexity index is 1020. The molecule has 0 radical (unpaired) electrons. The number of hydrogen-bond acceptors (Lipinski definition) is 5. The largest absolute Gasteiger partial charge is 0.470 e. The number of benzene rings is 1. The van der Waals surface area contributed by atoms with Crippen LogP contribution in [0.3, 0.4) is 0 Å². The molecule has 4 heterocycles. The minimum Gasteiger partial charge on any atom is -0.470 e. The highest BCUT2D eigenvalue weighted by Crippen LogP contribution is 2.55. The molecule has 178 valence electrons. The molecule has 2 amide bonds. The van der Waals surface area contributed by atoms with E-state index in [1.807, 2.05) is 6.92 Å². The van der Waals surface area contributed by atoms with Gasteiger partial charge in [0.15, 0.2) is 6.23 Å². The monoisotopic (exact) mass is 465 g/mol. The quantitative estimate of drug-likeness (QED) is 0.691. The molecule has 33 heavy (non-hydrogen) atoms. The van der Waals surface area contributed by atoms with Crippen LogP contribution in [0, 0.1) is 17.3 Å². The molecule has 7 nitrogen and oxygen atoms in total. The molecule has 4 fully saturated rings. The van der Waals surface area contributed by atoms with Gasteiger partial charge in [0, 0.05) is 24.1 Å². The number of halogens is 3. The van der Waals surface area contributed by atoms with Crippen molar-refractivity contribution in [1.82, 2.24) is 15.3 Å². The van der Waals surface area contributed by atoms with Gasteiger partial charge in [-0.25, -0.2) is 5.48 Å². The second-order valence-corrected chi connectivity index (χ2v) is 10.1. The number of alkyl halides is 3. The molecule has 6 rings (SSSR count). The summed E-state index contributed by atoms with van der Waals surface area (Å²) in [7, 11) is 0. The van der Waals surface area contributed by atoms with Crippen LogP contribution >= 0.6 is 0 Å². The number of likely N-dealkylation sites (tertiary alicyclic amines) is 1. The molecule has 5 aliphatic rings. The van der Waals surface area contributed by atoms with E-state index in [9.17, 15) is 22.8 Å². The maximum Gasteiger partial charge on any atom is 0.416 e. The van der Waals surface area contributed by atoms with E-state index < -0.39 is 23.4 Å². The predicted molar refractivity (Wildman–Crippen MR) is 108 cm³/mol. The molecular weight excluding hydrogens is 439 g/mol. The second-order valence-electron chi connectivity index (χ2n) is 10.1. The molecule has 0 bridgehead atoms. The molecule has 1 aliphatic carbocycles. The lowest BCUT2D eigenvalue weighted by molar-refractivity contribution is -0.140. The minimum atomic E-state index is -4.44. The van der Waals surface area contributed by atoms with Gasteiger partial charge in [-0.2, -0.15) is 13.2 Å². The Hall–Kier alpha value is -2.33. The number of piperidine rings is 1. The SMILES string of the molecule is CC1C2Oc3ccc(C(F)(F)F)cc3CN2C(=O)[C@]12CC[C@@H](N1CCC3C(=O)NOC3C1)C2. The fourth-order valence-corrected chi connectivity index (χ4v) is 6.64. The van der Waals surface area contributed by atoms with Crippen LogP contribution in [0.15, 0.2) is 18.2 Å². The first-order valence-electron chi connectivity index (χ1n) is 11.5. The van der Waals surface area contributed by atoms with Gasteiger partial charge in [-0.1, -0.05) is 6.92 Å². The van der Waals surface area contributed by atoms with Gasteiger partial charge in [0.1, 0.15) is 11.9 Å². The van der Waals surface area contributed by atoms with E-state index in [0.29, 0.717) is 24.3 Å². The van der Waals surface area contributed by atoms with Crippen molar-refractivity contribution in [1.29, 1.82) is 0 Å². The van der Waals surface area contributed by atoms with Gasteiger partial charge in [0.25, 0.3) is 0 Å². The van der Waals surface area contributed by atoms with Crippen LogP contribution in [-0.2, 0) is 27.1 Å². The Labute approximate surface area is 189 Å². The van der Waals surface area contributed by atoms with E-state index in [4.69, 9.17) is 9.57 Å². The van der Waals surface area contributed by atoms with Gasteiger partial charge in [-0.15, -0.1) is 0 Å². The summed E-state index contributed by atoms with van der Waals surface area (Å²) in [6, 6.07) is 3.70. The fraction of sp³-hybridized carbons (Fsp3) is 0.652. The van der Waals surface area contributed by atoms with Crippen molar-refractivity contribution in [2.45, 2.75) is 63.7 Å². The minimum absolute atomic E-state index is 0.0191. The molecule has 0 aromatic heterocycles. The predicted octanol–water partition coefficient (Wildman–Crippen LogP) is 2.69. The third kappa shape index (κ3) is 3.10. The highest BCUT2D eigenvalue weighted by Gasteiger charge is 2.62. The molecule has 4 unspecified atom stereocenters. The van der Waals surface area contributed by atoms with Gasteiger partial charge < -0.3 is 9.64 Å². The number of fused-ring (bicyclic) bond motifs is 3. The molecule has 1 spiro atoms. The standard InChI is InChI=1S/C23H26F3N3O4/c1-12-20-29(10-13-8-14(23(24,25)26)2-3-17(13)32-20)21(31)22(12)6-4-15(9-22)28-7-5-16-18(11-28)33-27-19(16)30/h2-3,8,12,15-16,18,20H,4-7,9-11H2,1H3,(H,27,30)/t12?,15-,16?,18?,20?,22+/m1/s1. The van der Waals surface area contributed by atoms with Crippen LogP contribution in [0.5, 0.6) is 5.75 Å². The summed E-state index contributed by atoms with van der Waals surface area (Å²) in [5.41, 5.74) is 1.56. The Morgan fingerprint density at radius 2 is 2.03 bits per heavy atom. The van der Waals surface area contributed by atoms with Crippen molar-refractivity contribution >= 4 is 11.8 Å².